The number of hydrogen-bond donors (Lipinski definition) is 1. The van der Waals surface area contributed by atoms with E-state index in [2.05, 4.69) is 15.2 Å². The van der Waals surface area contributed by atoms with E-state index in [1.54, 1.807) is 0 Å². The molecule has 1 N–H and O–H groups in total. The summed E-state index contributed by atoms with van der Waals surface area (Å²) in [6.07, 6.45) is 3.48. The fourth-order valence-corrected chi connectivity index (χ4v) is 3.72. The van der Waals surface area contributed by atoms with Gasteiger partial charge >= 0.3 is 0 Å². The molecule has 4 aromatic rings. The minimum absolute atomic E-state index is 0.0132. The molecule has 4 heterocycles. The van der Waals surface area contributed by atoms with Crippen molar-refractivity contribution in [1.82, 2.24) is 19.7 Å². The summed E-state index contributed by atoms with van der Waals surface area (Å²) in [6.45, 7) is 1.35. The number of aromatic amines is 1. The SMILES string of the molecule is O=c1c2ccccc2c2nnc3cc[nH]c(c32)n1C1CCOCC1. The molecule has 1 fully saturated rings. The van der Waals surface area contributed by atoms with Crippen LogP contribution in [0.5, 0.6) is 0 Å². The molecule has 1 saturated heterocycles. The first kappa shape index (κ1) is 13.7. The van der Waals surface area contributed by atoms with E-state index in [9.17, 15) is 4.79 Å². The van der Waals surface area contributed by atoms with Gasteiger partial charge in [0.1, 0.15) is 16.7 Å². The van der Waals surface area contributed by atoms with Crippen LogP contribution >= 0.6 is 0 Å². The second-order valence-corrected chi connectivity index (χ2v) is 6.20. The average Bonchev–Trinajstić information content (AvgIpc) is 3.03. The molecule has 0 saturated carbocycles. The molecule has 6 heteroatoms. The van der Waals surface area contributed by atoms with Crippen molar-refractivity contribution >= 4 is 32.8 Å². The molecule has 120 valence electrons. The van der Waals surface area contributed by atoms with Gasteiger partial charge in [-0.15, -0.1) is 10.2 Å². The lowest BCUT2D eigenvalue weighted by Crippen LogP contribution is -2.28. The molecular weight excluding hydrogens is 304 g/mol. The lowest BCUT2D eigenvalue weighted by Gasteiger charge is -2.24. The number of nitrogens with zero attached hydrogens (tertiary/aromatic N) is 3. The van der Waals surface area contributed by atoms with E-state index < -0.39 is 0 Å². The van der Waals surface area contributed by atoms with Crippen molar-refractivity contribution in [2.24, 2.45) is 0 Å². The van der Waals surface area contributed by atoms with Crippen LogP contribution in [0.1, 0.15) is 18.9 Å². The number of rotatable bonds is 1. The smallest absolute Gasteiger partial charge is 0.260 e. The number of aromatic nitrogens is 4. The highest BCUT2D eigenvalue weighted by Crippen LogP contribution is 2.30. The zero-order chi connectivity index (χ0) is 16.1. The first-order chi connectivity index (χ1) is 11.8. The third-order valence-electron chi connectivity index (χ3n) is 4.88. The van der Waals surface area contributed by atoms with Crippen molar-refractivity contribution in [2.75, 3.05) is 13.2 Å². The minimum atomic E-state index is 0.0132. The molecule has 0 aliphatic carbocycles. The lowest BCUT2D eigenvalue weighted by molar-refractivity contribution is 0.0698. The van der Waals surface area contributed by atoms with Crippen LogP contribution in [-0.2, 0) is 4.74 Å². The highest BCUT2D eigenvalue weighted by atomic mass is 16.5. The summed E-state index contributed by atoms with van der Waals surface area (Å²) in [5, 5.41) is 11.1. The van der Waals surface area contributed by atoms with Crippen LogP contribution < -0.4 is 5.56 Å². The van der Waals surface area contributed by atoms with Crippen molar-refractivity contribution in [2.45, 2.75) is 18.9 Å². The Hall–Kier alpha value is -2.73. The van der Waals surface area contributed by atoms with Crippen LogP contribution in [0.4, 0.5) is 0 Å². The Bertz CT molecular complexity index is 1120. The van der Waals surface area contributed by atoms with Gasteiger partial charge in [0.25, 0.3) is 5.56 Å². The van der Waals surface area contributed by atoms with Crippen LogP contribution in [0.15, 0.2) is 41.3 Å². The van der Waals surface area contributed by atoms with Gasteiger partial charge in [-0.1, -0.05) is 18.2 Å². The van der Waals surface area contributed by atoms with Crippen LogP contribution in [0.2, 0.25) is 0 Å². The quantitative estimate of drug-likeness (QED) is 0.585. The van der Waals surface area contributed by atoms with E-state index in [1.807, 2.05) is 41.1 Å². The van der Waals surface area contributed by atoms with Crippen molar-refractivity contribution in [1.29, 1.82) is 0 Å². The van der Waals surface area contributed by atoms with Gasteiger partial charge < -0.3 is 9.72 Å². The number of H-pyrrole nitrogens is 1. The Kier molecular flexibility index (Phi) is 2.93. The van der Waals surface area contributed by atoms with Crippen molar-refractivity contribution < 1.29 is 4.74 Å². The van der Waals surface area contributed by atoms with Crippen LogP contribution in [0, 0.1) is 0 Å². The van der Waals surface area contributed by atoms with E-state index >= 15 is 0 Å². The molecule has 0 unspecified atom stereocenters. The third kappa shape index (κ3) is 1.83. The maximum absolute atomic E-state index is 13.4. The van der Waals surface area contributed by atoms with E-state index in [4.69, 9.17) is 4.74 Å². The maximum Gasteiger partial charge on any atom is 0.260 e. The first-order valence-electron chi connectivity index (χ1n) is 8.19. The number of fused-ring (bicyclic) bond motifs is 2. The maximum atomic E-state index is 13.4. The molecule has 0 radical (unpaired) electrons. The Labute approximate surface area is 137 Å². The Morgan fingerprint density at radius 3 is 2.71 bits per heavy atom. The van der Waals surface area contributed by atoms with Gasteiger partial charge in [-0.2, -0.15) is 0 Å². The van der Waals surface area contributed by atoms with E-state index in [-0.39, 0.29) is 11.6 Å². The topological polar surface area (TPSA) is 72.8 Å². The fourth-order valence-electron chi connectivity index (χ4n) is 3.72. The largest absolute Gasteiger partial charge is 0.381 e. The van der Waals surface area contributed by atoms with Crippen LogP contribution in [-0.4, -0.2) is 33.0 Å². The van der Waals surface area contributed by atoms with Gasteiger partial charge in [0, 0.05) is 36.2 Å². The molecule has 0 atom stereocenters. The Morgan fingerprint density at radius 2 is 1.88 bits per heavy atom. The van der Waals surface area contributed by atoms with E-state index in [0.717, 1.165) is 40.3 Å². The summed E-state index contributed by atoms with van der Waals surface area (Å²) in [7, 11) is 0. The standard InChI is InChI=1S/C18H16N4O2/c23-18-13-4-2-1-3-12(13)16-15-14(20-21-16)5-8-19-17(15)22(18)11-6-9-24-10-7-11/h1-5,8,11,19H,6-7,9-10H2. The summed E-state index contributed by atoms with van der Waals surface area (Å²) in [4.78, 5) is 16.6. The Morgan fingerprint density at radius 1 is 1.08 bits per heavy atom. The fraction of sp³-hybridized carbons (Fsp3) is 0.278. The zero-order valence-corrected chi connectivity index (χ0v) is 13.0. The summed E-state index contributed by atoms with van der Waals surface area (Å²) < 4.78 is 7.37. The molecule has 3 aromatic heterocycles. The van der Waals surface area contributed by atoms with Crippen molar-refractivity contribution in [3.63, 3.8) is 0 Å². The highest BCUT2D eigenvalue weighted by Gasteiger charge is 2.22. The highest BCUT2D eigenvalue weighted by molar-refractivity contribution is 6.14. The first-order valence-corrected chi connectivity index (χ1v) is 8.19. The predicted octanol–water partition coefficient (Wildman–Crippen LogP) is 2.78. The Balaban J connectivity index is 2.05. The molecule has 1 aliphatic rings. The molecule has 5 rings (SSSR count). The van der Waals surface area contributed by atoms with Gasteiger partial charge in [0.15, 0.2) is 0 Å². The molecule has 6 nitrogen and oxygen atoms in total. The average molecular weight is 320 g/mol. The van der Waals surface area contributed by atoms with Gasteiger partial charge in [0.2, 0.25) is 0 Å². The number of hydrogen-bond acceptors (Lipinski definition) is 4. The van der Waals surface area contributed by atoms with Crippen LogP contribution in [0.25, 0.3) is 32.8 Å². The molecule has 0 spiro atoms. The number of pyridine rings is 1. The number of ether oxygens (including phenoxy) is 1. The number of benzene rings is 1. The van der Waals surface area contributed by atoms with Gasteiger partial charge in [-0.05, 0) is 25.0 Å². The minimum Gasteiger partial charge on any atom is -0.381 e. The summed E-state index contributed by atoms with van der Waals surface area (Å²) in [6, 6.07) is 9.66. The zero-order valence-electron chi connectivity index (χ0n) is 13.0. The number of nitrogens with one attached hydrogen (secondary N) is 1. The molecule has 1 aromatic carbocycles. The summed E-state index contributed by atoms with van der Waals surface area (Å²) >= 11 is 0. The monoisotopic (exact) mass is 320 g/mol. The summed E-state index contributed by atoms with van der Waals surface area (Å²) in [5.74, 6) is 0. The normalized spacial score (nSPS) is 16.3. The molecule has 0 bridgehead atoms. The second-order valence-electron chi connectivity index (χ2n) is 6.20. The second kappa shape index (κ2) is 5.14. The van der Waals surface area contributed by atoms with Crippen molar-refractivity contribution in [3.05, 3.63) is 46.9 Å². The molecule has 1 aliphatic heterocycles. The van der Waals surface area contributed by atoms with E-state index in [0.29, 0.717) is 18.6 Å². The van der Waals surface area contributed by atoms with E-state index in [1.165, 1.54) is 0 Å². The summed E-state index contributed by atoms with van der Waals surface area (Å²) in [5.41, 5.74) is 2.38. The molecule has 0 amide bonds. The lowest BCUT2D eigenvalue weighted by atomic mass is 10.1. The van der Waals surface area contributed by atoms with Gasteiger partial charge in [-0.3, -0.25) is 9.36 Å². The van der Waals surface area contributed by atoms with Crippen LogP contribution in [0.3, 0.4) is 0 Å². The molecular formula is C18H16N4O2. The van der Waals surface area contributed by atoms with Crippen molar-refractivity contribution in [3.8, 4) is 0 Å². The third-order valence-corrected chi connectivity index (χ3v) is 4.88. The molecule has 24 heavy (non-hydrogen) atoms. The van der Waals surface area contributed by atoms with Gasteiger partial charge in [-0.25, -0.2) is 0 Å². The predicted molar refractivity (Wildman–Crippen MR) is 92.3 cm³/mol. The van der Waals surface area contributed by atoms with Gasteiger partial charge in [0.05, 0.1) is 5.39 Å².